The zero-order chi connectivity index (χ0) is 21.6. The summed E-state index contributed by atoms with van der Waals surface area (Å²) in [6, 6.07) is 14.1. The van der Waals surface area contributed by atoms with E-state index in [2.05, 4.69) is 20.4 Å². The van der Waals surface area contributed by atoms with Gasteiger partial charge in [0.15, 0.2) is 18.1 Å². The highest BCUT2D eigenvalue weighted by Gasteiger charge is 2.17. The van der Waals surface area contributed by atoms with Crippen LogP contribution in [-0.4, -0.2) is 41.8 Å². The van der Waals surface area contributed by atoms with Gasteiger partial charge in [-0.2, -0.15) is 0 Å². The number of benzene rings is 1. The highest BCUT2D eigenvalue weighted by molar-refractivity contribution is 6.30. The zero-order valence-corrected chi connectivity index (χ0v) is 17.5. The maximum atomic E-state index is 12.1. The Morgan fingerprint density at radius 2 is 1.81 bits per heavy atom. The standard InChI is InChI=1S/C22H21ClN4O4/c23-16-5-3-15(4-6-16)19-9-7-17(31-19)13-24-21(28)14-30-22(29)18-8-10-20(26-25-18)27-11-1-2-12-27/h3-10H,1-2,11-14H2,(H,24,28). The molecule has 31 heavy (non-hydrogen) atoms. The fraction of sp³-hybridized carbons (Fsp3) is 0.273. The molecule has 4 rings (SSSR count). The average molecular weight is 441 g/mol. The van der Waals surface area contributed by atoms with Gasteiger partial charge >= 0.3 is 5.97 Å². The maximum Gasteiger partial charge on any atom is 0.359 e. The van der Waals surface area contributed by atoms with Crippen molar-refractivity contribution in [2.45, 2.75) is 19.4 Å². The molecule has 1 amide bonds. The summed E-state index contributed by atoms with van der Waals surface area (Å²) in [7, 11) is 0. The lowest BCUT2D eigenvalue weighted by Gasteiger charge is -2.15. The number of ether oxygens (including phenoxy) is 1. The predicted octanol–water partition coefficient (Wildman–Crippen LogP) is 3.46. The number of aromatic nitrogens is 2. The summed E-state index contributed by atoms with van der Waals surface area (Å²) in [6.07, 6.45) is 2.25. The molecule has 2 aromatic heterocycles. The fourth-order valence-corrected chi connectivity index (χ4v) is 3.36. The summed E-state index contributed by atoms with van der Waals surface area (Å²) < 4.78 is 10.7. The van der Waals surface area contributed by atoms with E-state index in [1.54, 1.807) is 30.3 Å². The van der Waals surface area contributed by atoms with Crippen LogP contribution in [0.15, 0.2) is 52.9 Å². The fourth-order valence-electron chi connectivity index (χ4n) is 3.23. The molecular formula is C22H21ClN4O4. The van der Waals surface area contributed by atoms with Gasteiger partial charge in [-0.15, -0.1) is 10.2 Å². The Bertz CT molecular complexity index is 1040. The molecule has 160 valence electrons. The highest BCUT2D eigenvalue weighted by atomic mass is 35.5. The minimum Gasteiger partial charge on any atom is -0.459 e. The Labute approximate surface area is 184 Å². The number of carbonyl (C=O) groups excluding carboxylic acids is 2. The summed E-state index contributed by atoms with van der Waals surface area (Å²) in [5.74, 6) is 0.845. The quantitative estimate of drug-likeness (QED) is 0.562. The second-order valence-electron chi connectivity index (χ2n) is 7.10. The number of rotatable bonds is 7. The minimum absolute atomic E-state index is 0.0642. The van der Waals surface area contributed by atoms with Crippen molar-refractivity contribution >= 4 is 29.3 Å². The van der Waals surface area contributed by atoms with Gasteiger partial charge in [0.1, 0.15) is 11.5 Å². The third kappa shape index (κ3) is 5.40. The molecule has 0 unspecified atom stereocenters. The van der Waals surface area contributed by atoms with Crippen LogP contribution >= 0.6 is 11.6 Å². The Morgan fingerprint density at radius 1 is 1.03 bits per heavy atom. The van der Waals surface area contributed by atoms with Gasteiger partial charge in [0.2, 0.25) is 0 Å². The number of carbonyl (C=O) groups is 2. The molecule has 0 aliphatic carbocycles. The summed E-state index contributed by atoms with van der Waals surface area (Å²) in [6.45, 7) is 1.64. The van der Waals surface area contributed by atoms with Crippen molar-refractivity contribution in [3.63, 3.8) is 0 Å². The van der Waals surface area contributed by atoms with Gasteiger partial charge in [-0.05, 0) is 61.4 Å². The molecule has 0 saturated carbocycles. The number of halogens is 1. The number of amides is 1. The Balaban J connectivity index is 1.23. The highest BCUT2D eigenvalue weighted by Crippen LogP contribution is 2.23. The largest absolute Gasteiger partial charge is 0.459 e. The molecular weight excluding hydrogens is 420 g/mol. The van der Waals surface area contributed by atoms with Crippen LogP contribution < -0.4 is 10.2 Å². The van der Waals surface area contributed by atoms with Crippen LogP contribution in [0.5, 0.6) is 0 Å². The van der Waals surface area contributed by atoms with Gasteiger partial charge in [0.25, 0.3) is 5.91 Å². The number of anilines is 1. The molecule has 1 aromatic carbocycles. The van der Waals surface area contributed by atoms with Gasteiger partial charge in [0.05, 0.1) is 6.54 Å². The van der Waals surface area contributed by atoms with E-state index in [1.807, 2.05) is 18.2 Å². The van der Waals surface area contributed by atoms with Gasteiger partial charge in [-0.1, -0.05) is 11.6 Å². The molecule has 1 fully saturated rings. The van der Waals surface area contributed by atoms with E-state index in [1.165, 1.54) is 0 Å². The molecule has 0 bridgehead atoms. The lowest BCUT2D eigenvalue weighted by atomic mass is 10.2. The minimum atomic E-state index is -0.696. The van der Waals surface area contributed by atoms with Crippen molar-refractivity contribution in [2.24, 2.45) is 0 Å². The van der Waals surface area contributed by atoms with Crippen molar-refractivity contribution in [2.75, 3.05) is 24.6 Å². The monoisotopic (exact) mass is 440 g/mol. The first-order valence-electron chi connectivity index (χ1n) is 9.95. The number of esters is 1. The summed E-state index contributed by atoms with van der Waals surface area (Å²) in [5, 5.41) is 11.3. The zero-order valence-electron chi connectivity index (χ0n) is 16.7. The van der Waals surface area contributed by atoms with Crippen LogP contribution in [0, 0.1) is 0 Å². The number of hydrogen-bond acceptors (Lipinski definition) is 7. The lowest BCUT2D eigenvalue weighted by molar-refractivity contribution is -0.124. The van der Waals surface area contributed by atoms with Crippen molar-refractivity contribution in [1.29, 1.82) is 0 Å². The molecule has 9 heteroatoms. The summed E-state index contributed by atoms with van der Waals surface area (Å²) in [4.78, 5) is 26.2. The first-order chi connectivity index (χ1) is 15.1. The van der Waals surface area contributed by atoms with Gasteiger partial charge < -0.3 is 19.4 Å². The third-order valence-electron chi connectivity index (χ3n) is 4.87. The van der Waals surface area contributed by atoms with E-state index < -0.39 is 18.5 Å². The van der Waals surface area contributed by atoms with Gasteiger partial charge in [-0.25, -0.2) is 4.79 Å². The van der Waals surface area contributed by atoms with Crippen molar-refractivity contribution in [3.8, 4) is 11.3 Å². The van der Waals surface area contributed by atoms with Crippen molar-refractivity contribution < 1.29 is 18.7 Å². The van der Waals surface area contributed by atoms with E-state index in [0.717, 1.165) is 37.3 Å². The molecule has 0 atom stereocenters. The summed E-state index contributed by atoms with van der Waals surface area (Å²) in [5.41, 5.74) is 0.946. The summed E-state index contributed by atoms with van der Waals surface area (Å²) >= 11 is 5.89. The van der Waals surface area contributed by atoms with E-state index in [4.69, 9.17) is 20.8 Å². The molecule has 1 aliphatic rings. The Hall–Kier alpha value is -3.39. The molecule has 3 heterocycles. The van der Waals surface area contributed by atoms with Crippen LogP contribution in [0.3, 0.4) is 0 Å². The SMILES string of the molecule is O=C(COC(=O)c1ccc(N2CCCC2)nn1)NCc1ccc(-c2ccc(Cl)cc2)o1. The Morgan fingerprint density at radius 3 is 2.52 bits per heavy atom. The van der Waals surface area contributed by atoms with Crippen LogP contribution in [0.1, 0.15) is 29.1 Å². The number of nitrogens with zero attached hydrogens (tertiary/aromatic N) is 3. The van der Waals surface area contributed by atoms with Crippen molar-refractivity contribution in [3.05, 3.63) is 65.0 Å². The van der Waals surface area contributed by atoms with Crippen LogP contribution in [0.4, 0.5) is 5.82 Å². The first kappa shape index (κ1) is 20.9. The topological polar surface area (TPSA) is 97.6 Å². The van der Waals surface area contributed by atoms with Crippen LogP contribution in [-0.2, 0) is 16.1 Å². The molecule has 0 radical (unpaired) electrons. The van der Waals surface area contributed by atoms with E-state index in [9.17, 15) is 9.59 Å². The number of furan rings is 1. The molecule has 8 nitrogen and oxygen atoms in total. The van der Waals surface area contributed by atoms with E-state index in [0.29, 0.717) is 16.5 Å². The van der Waals surface area contributed by atoms with Crippen LogP contribution in [0.25, 0.3) is 11.3 Å². The van der Waals surface area contributed by atoms with E-state index >= 15 is 0 Å². The average Bonchev–Trinajstić information content (AvgIpc) is 3.49. The lowest BCUT2D eigenvalue weighted by Crippen LogP contribution is -2.28. The van der Waals surface area contributed by atoms with Crippen LogP contribution in [0.2, 0.25) is 5.02 Å². The molecule has 1 saturated heterocycles. The normalized spacial score (nSPS) is 13.3. The van der Waals surface area contributed by atoms with Gasteiger partial charge in [-0.3, -0.25) is 4.79 Å². The second kappa shape index (κ2) is 9.61. The van der Waals surface area contributed by atoms with E-state index in [-0.39, 0.29) is 12.2 Å². The molecule has 1 N–H and O–H groups in total. The Kier molecular flexibility index (Phi) is 6.47. The molecule has 3 aromatic rings. The number of nitrogens with one attached hydrogen (secondary N) is 1. The maximum absolute atomic E-state index is 12.1. The van der Waals surface area contributed by atoms with Crippen molar-refractivity contribution in [1.82, 2.24) is 15.5 Å². The van der Waals surface area contributed by atoms with Gasteiger partial charge in [0, 0.05) is 23.7 Å². The first-order valence-corrected chi connectivity index (χ1v) is 10.3. The smallest absolute Gasteiger partial charge is 0.359 e. The molecule has 1 aliphatic heterocycles. The third-order valence-corrected chi connectivity index (χ3v) is 5.13. The number of hydrogen-bond donors (Lipinski definition) is 1. The molecule has 0 spiro atoms. The predicted molar refractivity (Wildman–Crippen MR) is 115 cm³/mol. The second-order valence-corrected chi connectivity index (χ2v) is 7.53.